The molecule has 6 heteroatoms. The number of aryl methyl sites for hydroxylation is 1. The van der Waals surface area contributed by atoms with Crippen LogP contribution in [0.3, 0.4) is 0 Å². The van der Waals surface area contributed by atoms with Crippen molar-refractivity contribution in [2.24, 2.45) is 5.92 Å². The Balaban J connectivity index is 1.57. The maximum absolute atomic E-state index is 6.54. The maximum atomic E-state index is 6.54. The van der Waals surface area contributed by atoms with Crippen LogP contribution in [0.15, 0.2) is 36.4 Å². The first-order chi connectivity index (χ1) is 12.2. The first-order valence-corrected chi connectivity index (χ1v) is 9.48. The normalized spacial score (nSPS) is 14.2. The maximum Gasteiger partial charge on any atom is 0.243 e. The Kier molecular flexibility index (Phi) is 4.82. The Bertz CT molecular complexity index is 872. The van der Waals surface area contributed by atoms with Crippen molar-refractivity contribution in [1.82, 2.24) is 14.6 Å². The summed E-state index contributed by atoms with van der Waals surface area (Å²) in [7, 11) is 0. The number of nitrogens with one attached hydrogen (secondary N) is 1. The number of fused-ring (bicyclic) bond motifs is 1. The van der Waals surface area contributed by atoms with E-state index in [1.807, 2.05) is 18.2 Å². The van der Waals surface area contributed by atoms with E-state index in [1.165, 1.54) is 24.8 Å². The molecule has 4 nitrogen and oxygen atoms in total. The zero-order chi connectivity index (χ0) is 17.2. The number of hydrogen-bond donors (Lipinski definition) is 1. The minimum absolute atomic E-state index is 0.185. The lowest BCUT2D eigenvalue weighted by Crippen LogP contribution is -2.05. The van der Waals surface area contributed by atoms with Crippen LogP contribution in [-0.2, 0) is 13.0 Å². The van der Waals surface area contributed by atoms with Crippen LogP contribution in [-0.4, -0.2) is 14.6 Å². The van der Waals surface area contributed by atoms with E-state index >= 15 is 0 Å². The number of halogens is 2. The summed E-state index contributed by atoms with van der Waals surface area (Å²) in [4.78, 5) is 4.35. The van der Waals surface area contributed by atoms with Crippen LogP contribution in [0.25, 0.3) is 5.52 Å². The molecule has 2 heterocycles. The highest BCUT2D eigenvalue weighted by molar-refractivity contribution is 6.31. The molecule has 1 aliphatic rings. The van der Waals surface area contributed by atoms with Gasteiger partial charge in [0.05, 0.1) is 0 Å². The molecule has 1 N–H and O–H groups in total. The van der Waals surface area contributed by atoms with Crippen molar-refractivity contribution in [3.8, 4) is 0 Å². The summed E-state index contributed by atoms with van der Waals surface area (Å²) in [5, 5.41) is 8.44. The molecule has 0 atom stereocenters. The Morgan fingerprint density at radius 3 is 2.72 bits per heavy atom. The van der Waals surface area contributed by atoms with Crippen molar-refractivity contribution < 1.29 is 0 Å². The van der Waals surface area contributed by atoms with Gasteiger partial charge in [0.2, 0.25) is 5.28 Å². The lowest BCUT2D eigenvalue weighted by Gasteiger charge is -2.08. The third-order valence-electron chi connectivity index (χ3n) is 4.68. The standard InChI is InChI=1S/C19H20Cl2N4/c20-17-15(8-4-7-13-9-10-13)11-16-18(23-19(21)24-25(16)17)22-12-14-5-2-1-3-6-14/h1-3,5-6,11,13H,4,7-10,12H2,(H,22,23,24). The zero-order valence-corrected chi connectivity index (χ0v) is 15.4. The van der Waals surface area contributed by atoms with Gasteiger partial charge in [0, 0.05) is 6.54 Å². The lowest BCUT2D eigenvalue weighted by atomic mass is 10.1. The number of nitrogens with zero attached hydrogens (tertiary/aromatic N) is 3. The summed E-state index contributed by atoms with van der Waals surface area (Å²) in [6.07, 6.45) is 6.19. The average molecular weight is 375 g/mol. The molecule has 130 valence electrons. The van der Waals surface area contributed by atoms with Crippen molar-refractivity contribution >= 4 is 34.5 Å². The molecule has 1 aliphatic carbocycles. The molecule has 0 unspecified atom stereocenters. The zero-order valence-electron chi connectivity index (χ0n) is 13.9. The van der Waals surface area contributed by atoms with Crippen LogP contribution in [0.4, 0.5) is 5.82 Å². The fraction of sp³-hybridized carbons (Fsp3) is 0.368. The molecule has 4 rings (SSSR count). The van der Waals surface area contributed by atoms with Gasteiger partial charge in [0.25, 0.3) is 0 Å². The van der Waals surface area contributed by atoms with E-state index < -0.39 is 0 Å². The minimum Gasteiger partial charge on any atom is -0.364 e. The highest BCUT2D eigenvalue weighted by Crippen LogP contribution is 2.35. The second-order valence-corrected chi connectivity index (χ2v) is 7.36. The van der Waals surface area contributed by atoms with Gasteiger partial charge in [-0.3, -0.25) is 0 Å². The van der Waals surface area contributed by atoms with Gasteiger partial charge in [-0.05, 0) is 47.6 Å². The van der Waals surface area contributed by atoms with E-state index in [9.17, 15) is 0 Å². The first-order valence-electron chi connectivity index (χ1n) is 8.72. The van der Waals surface area contributed by atoms with Gasteiger partial charge in [-0.1, -0.05) is 61.2 Å². The molecule has 0 aliphatic heterocycles. The summed E-state index contributed by atoms with van der Waals surface area (Å²) < 4.78 is 1.69. The fourth-order valence-corrected chi connectivity index (χ4v) is 3.56. The third kappa shape index (κ3) is 3.91. The third-order valence-corrected chi connectivity index (χ3v) is 5.24. The van der Waals surface area contributed by atoms with Crippen LogP contribution in [0.2, 0.25) is 10.4 Å². The van der Waals surface area contributed by atoms with Crippen molar-refractivity contribution in [3.63, 3.8) is 0 Å². The summed E-state index contributed by atoms with van der Waals surface area (Å²) in [5.74, 6) is 1.65. The molecular formula is C19H20Cl2N4. The predicted octanol–water partition coefficient (Wildman–Crippen LogP) is 5.38. The van der Waals surface area contributed by atoms with E-state index in [1.54, 1.807) is 4.52 Å². The number of rotatable bonds is 7. The Morgan fingerprint density at radius 2 is 1.96 bits per heavy atom. The van der Waals surface area contributed by atoms with Gasteiger partial charge in [-0.15, -0.1) is 5.10 Å². The summed E-state index contributed by atoms with van der Waals surface area (Å²) >= 11 is 12.6. The van der Waals surface area contributed by atoms with E-state index in [4.69, 9.17) is 23.2 Å². The molecule has 1 aromatic carbocycles. The summed E-state index contributed by atoms with van der Waals surface area (Å²) in [5.41, 5.74) is 3.16. The monoisotopic (exact) mass is 374 g/mol. The molecule has 0 radical (unpaired) electrons. The van der Waals surface area contributed by atoms with Crippen LogP contribution < -0.4 is 5.32 Å². The summed E-state index contributed by atoms with van der Waals surface area (Å²) in [6, 6.07) is 12.3. The van der Waals surface area contributed by atoms with Crippen LogP contribution >= 0.6 is 23.2 Å². The van der Waals surface area contributed by atoms with Crippen molar-refractivity contribution in [2.75, 3.05) is 5.32 Å². The Hall–Kier alpha value is -1.78. The van der Waals surface area contributed by atoms with Gasteiger partial charge in [-0.25, -0.2) is 4.52 Å². The number of aromatic nitrogens is 3. The summed E-state index contributed by atoms with van der Waals surface area (Å²) in [6.45, 7) is 0.670. The molecule has 1 saturated carbocycles. The topological polar surface area (TPSA) is 42.2 Å². The quantitative estimate of drug-likeness (QED) is 0.603. The molecule has 0 saturated heterocycles. The fourth-order valence-electron chi connectivity index (χ4n) is 3.12. The minimum atomic E-state index is 0.185. The molecule has 0 spiro atoms. The van der Waals surface area contributed by atoms with Crippen molar-refractivity contribution in [1.29, 1.82) is 0 Å². The van der Waals surface area contributed by atoms with E-state index in [-0.39, 0.29) is 5.28 Å². The number of benzene rings is 1. The van der Waals surface area contributed by atoms with E-state index in [0.717, 1.165) is 29.8 Å². The second-order valence-electron chi connectivity index (χ2n) is 6.66. The average Bonchev–Trinajstić information content (AvgIpc) is 3.39. The van der Waals surface area contributed by atoms with Crippen molar-refractivity contribution in [3.05, 3.63) is 58.0 Å². The Labute approximate surface area is 157 Å². The highest BCUT2D eigenvalue weighted by atomic mass is 35.5. The molecule has 25 heavy (non-hydrogen) atoms. The number of anilines is 1. The van der Waals surface area contributed by atoms with Gasteiger partial charge in [0.15, 0.2) is 5.82 Å². The smallest absolute Gasteiger partial charge is 0.243 e. The first kappa shape index (κ1) is 16.7. The highest BCUT2D eigenvalue weighted by Gasteiger charge is 2.21. The van der Waals surface area contributed by atoms with Gasteiger partial charge in [-0.2, -0.15) is 4.98 Å². The van der Waals surface area contributed by atoms with Gasteiger partial charge < -0.3 is 5.32 Å². The molecule has 0 amide bonds. The molecular weight excluding hydrogens is 355 g/mol. The largest absolute Gasteiger partial charge is 0.364 e. The van der Waals surface area contributed by atoms with Crippen LogP contribution in [0.5, 0.6) is 0 Å². The van der Waals surface area contributed by atoms with E-state index in [2.05, 4.69) is 33.6 Å². The Morgan fingerprint density at radius 1 is 1.16 bits per heavy atom. The molecule has 0 bridgehead atoms. The van der Waals surface area contributed by atoms with Gasteiger partial charge >= 0.3 is 0 Å². The number of hydrogen-bond acceptors (Lipinski definition) is 3. The molecule has 3 aromatic rings. The van der Waals surface area contributed by atoms with Crippen LogP contribution in [0, 0.1) is 5.92 Å². The molecule has 2 aromatic heterocycles. The molecule has 1 fully saturated rings. The van der Waals surface area contributed by atoms with Crippen molar-refractivity contribution in [2.45, 2.75) is 38.6 Å². The SMILES string of the molecule is Clc1nc(NCc2ccccc2)c2cc(CCCC3CC3)c(Cl)n2n1. The van der Waals surface area contributed by atoms with Crippen LogP contribution in [0.1, 0.15) is 36.8 Å². The predicted molar refractivity (Wildman–Crippen MR) is 102 cm³/mol. The second kappa shape index (κ2) is 7.22. The van der Waals surface area contributed by atoms with E-state index in [0.29, 0.717) is 17.5 Å². The van der Waals surface area contributed by atoms with Gasteiger partial charge in [0.1, 0.15) is 10.7 Å². The lowest BCUT2D eigenvalue weighted by molar-refractivity contribution is 0.666.